The molecule has 3 heteroatoms. The van der Waals surface area contributed by atoms with E-state index in [9.17, 15) is 0 Å². The monoisotopic (exact) mass is 212 g/mol. The first kappa shape index (κ1) is 11.7. The molecule has 1 aromatic rings. The zero-order valence-corrected chi connectivity index (χ0v) is 9.94. The fourth-order valence-electron chi connectivity index (χ4n) is 1.30. The highest BCUT2D eigenvalue weighted by molar-refractivity contribution is 7.07. The second kappa shape index (κ2) is 6.98. The molecule has 0 aliphatic carbocycles. The molecule has 2 nitrogen and oxygen atoms in total. The molecule has 0 unspecified atom stereocenters. The third-order valence-corrected chi connectivity index (χ3v) is 2.85. The maximum absolute atomic E-state index is 3.45. The molecule has 0 atom stereocenters. The third kappa shape index (κ3) is 5.37. The first-order chi connectivity index (χ1) is 6.79. The summed E-state index contributed by atoms with van der Waals surface area (Å²) in [6.07, 6.45) is 2.55. The van der Waals surface area contributed by atoms with Crippen LogP contribution in [0.1, 0.15) is 18.4 Å². The lowest BCUT2D eigenvalue weighted by Gasteiger charge is -2.08. The van der Waals surface area contributed by atoms with Gasteiger partial charge in [0.2, 0.25) is 0 Å². The Kier molecular flexibility index (Phi) is 5.83. The van der Waals surface area contributed by atoms with E-state index in [1.165, 1.54) is 24.9 Å². The average Bonchev–Trinajstić information content (AvgIpc) is 2.63. The van der Waals surface area contributed by atoms with E-state index < -0.39 is 0 Å². The normalized spacial score (nSPS) is 11.1. The Hall–Kier alpha value is -0.380. The molecule has 0 saturated heterocycles. The molecule has 80 valence electrons. The van der Waals surface area contributed by atoms with Crippen LogP contribution in [0, 0.1) is 0 Å². The van der Waals surface area contributed by atoms with Gasteiger partial charge in [0.1, 0.15) is 0 Å². The number of nitrogens with zero attached hydrogens (tertiary/aromatic N) is 1. The van der Waals surface area contributed by atoms with Crippen molar-refractivity contribution in [3.05, 3.63) is 22.4 Å². The number of hydrogen-bond donors (Lipinski definition) is 1. The molecule has 0 radical (unpaired) electrons. The number of unbranched alkanes of at least 4 members (excludes halogenated alkanes) is 1. The molecule has 0 bridgehead atoms. The SMILES string of the molecule is CN(C)CCCCNCc1ccsc1. The van der Waals surface area contributed by atoms with E-state index in [1.807, 2.05) is 0 Å². The van der Waals surface area contributed by atoms with Crippen molar-refractivity contribution in [2.75, 3.05) is 27.2 Å². The van der Waals surface area contributed by atoms with Crippen LogP contribution < -0.4 is 5.32 Å². The zero-order chi connectivity index (χ0) is 10.2. The van der Waals surface area contributed by atoms with E-state index >= 15 is 0 Å². The summed E-state index contributed by atoms with van der Waals surface area (Å²) in [5, 5.41) is 7.78. The third-order valence-electron chi connectivity index (χ3n) is 2.12. The second-order valence-electron chi connectivity index (χ2n) is 3.82. The van der Waals surface area contributed by atoms with Gasteiger partial charge in [-0.3, -0.25) is 0 Å². The van der Waals surface area contributed by atoms with Crippen LogP contribution in [-0.2, 0) is 6.54 Å². The Labute approximate surface area is 90.9 Å². The first-order valence-corrected chi connectivity index (χ1v) is 6.10. The minimum absolute atomic E-state index is 1.02. The van der Waals surface area contributed by atoms with Gasteiger partial charge in [-0.2, -0.15) is 11.3 Å². The molecular formula is C11H20N2S. The van der Waals surface area contributed by atoms with Gasteiger partial charge < -0.3 is 10.2 Å². The minimum atomic E-state index is 1.02. The smallest absolute Gasteiger partial charge is 0.0213 e. The molecule has 1 N–H and O–H groups in total. The lowest BCUT2D eigenvalue weighted by Crippen LogP contribution is -2.17. The second-order valence-corrected chi connectivity index (χ2v) is 4.60. The zero-order valence-electron chi connectivity index (χ0n) is 9.12. The maximum Gasteiger partial charge on any atom is 0.0213 e. The molecule has 1 rings (SSSR count). The van der Waals surface area contributed by atoms with E-state index in [2.05, 4.69) is 41.1 Å². The van der Waals surface area contributed by atoms with Gasteiger partial charge in [-0.25, -0.2) is 0 Å². The van der Waals surface area contributed by atoms with Gasteiger partial charge in [-0.15, -0.1) is 0 Å². The van der Waals surface area contributed by atoms with Crippen LogP contribution in [0.15, 0.2) is 16.8 Å². The van der Waals surface area contributed by atoms with Crippen molar-refractivity contribution in [3.8, 4) is 0 Å². The van der Waals surface area contributed by atoms with Crippen molar-refractivity contribution in [3.63, 3.8) is 0 Å². The maximum atomic E-state index is 3.45. The van der Waals surface area contributed by atoms with Gasteiger partial charge in [0.25, 0.3) is 0 Å². The highest BCUT2D eigenvalue weighted by Gasteiger charge is 1.93. The molecule has 0 aliphatic rings. The van der Waals surface area contributed by atoms with Crippen LogP contribution in [-0.4, -0.2) is 32.1 Å². The largest absolute Gasteiger partial charge is 0.313 e. The van der Waals surface area contributed by atoms with Crippen LogP contribution in [0.2, 0.25) is 0 Å². The van der Waals surface area contributed by atoms with Crippen molar-refractivity contribution < 1.29 is 0 Å². The molecule has 0 saturated carbocycles. The molecule has 1 aromatic heterocycles. The number of nitrogens with one attached hydrogen (secondary N) is 1. The first-order valence-electron chi connectivity index (χ1n) is 5.15. The summed E-state index contributed by atoms with van der Waals surface area (Å²) in [5.41, 5.74) is 1.41. The van der Waals surface area contributed by atoms with Crippen LogP contribution in [0.4, 0.5) is 0 Å². The average molecular weight is 212 g/mol. The molecule has 1 heterocycles. The molecule has 0 spiro atoms. The van der Waals surface area contributed by atoms with Crippen LogP contribution in [0.25, 0.3) is 0 Å². The Balaban J connectivity index is 1.90. The van der Waals surface area contributed by atoms with E-state index in [0.29, 0.717) is 0 Å². The van der Waals surface area contributed by atoms with Crippen LogP contribution in [0.3, 0.4) is 0 Å². The van der Waals surface area contributed by atoms with Gasteiger partial charge in [0.15, 0.2) is 0 Å². The van der Waals surface area contributed by atoms with Crippen LogP contribution in [0.5, 0.6) is 0 Å². The number of hydrogen-bond acceptors (Lipinski definition) is 3. The predicted octanol–water partition coefficient (Wildman–Crippen LogP) is 2.18. The van der Waals surface area contributed by atoms with Crippen molar-refractivity contribution in [2.45, 2.75) is 19.4 Å². The predicted molar refractivity (Wildman–Crippen MR) is 63.8 cm³/mol. The fourth-order valence-corrected chi connectivity index (χ4v) is 1.97. The van der Waals surface area contributed by atoms with E-state index in [1.54, 1.807) is 11.3 Å². The summed E-state index contributed by atoms with van der Waals surface area (Å²) in [6, 6.07) is 2.18. The van der Waals surface area contributed by atoms with Gasteiger partial charge in [-0.05, 0) is 62.4 Å². The topological polar surface area (TPSA) is 15.3 Å². The molecule has 0 fully saturated rings. The summed E-state index contributed by atoms with van der Waals surface area (Å²) in [6.45, 7) is 3.34. The molecule has 0 aromatic carbocycles. The van der Waals surface area contributed by atoms with Gasteiger partial charge in [0.05, 0.1) is 0 Å². The van der Waals surface area contributed by atoms with Gasteiger partial charge in [0, 0.05) is 6.54 Å². The minimum Gasteiger partial charge on any atom is -0.313 e. The molecule has 0 amide bonds. The highest BCUT2D eigenvalue weighted by Crippen LogP contribution is 2.04. The van der Waals surface area contributed by atoms with Crippen molar-refractivity contribution in [1.82, 2.24) is 10.2 Å². The standard InChI is InChI=1S/C11H20N2S/c1-13(2)7-4-3-6-12-9-11-5-8-14-10-11/h5,8,10,12H,3-4,6-7,9H2,1-2H3. The summed E-state index contributed by atoms with van der Waals surface area (Å²) >= 11 is 1.77. The summed E-state index contributed by atoms with van der Waals surface area (Å²) in [7, 11) is 4.25. The van der Waals surface area contributed by atoms with E-state index in [4.69, 9.17) is 0 Å². The molecule has 14 heavy (non-hydrogen) atoms. The lowest BCUT2D eigenvalue weighted by molar-refractivity contribution is 0.391. The van der Waals surface area contributed by atoms with Gasteiger partial charge >= 0.3 is 0 Å². The lowest BCUT2D eigenvalue weighted by atomic mass is 10.3. The Morgan fingerprint density at radius 3 is 2.86 bits per heavy atom. The Bertz CT molecular complexity index is 219. The molecular weight excluding hydrogens is 192 g/mol. The summed E-state index contributed by atoms with van der Waals surface area (Å²) < 4.78 is 0. The summed E-state index contributed by atoms with van der Waals surface area (Å²) in [4.78, 5) is 2.23. The van der Waals surface area contributed by atoms with E-state index in [0.717, 1.165) is 13.1 Å². The number of rotatable bonds is 7. The van der Waals surface area contributed by atoms with E-state index in [-0.39, 0.29) is 0 Å². The highest BCUT2D eigenvalue weighted by atomic mass is 32.1. The van der Waals surface area contributed by atoms with Crippen LogP contribution >= 0.6 is 11.3 Å². The number of thiophene rings is 1. The van der Waals surface area contributed by atoms with Crippen molar-refractivity contribution >= 4 is 11.3 Å². The Morgan fingerprint density at radius 1 is 1.36 bits per heavy atom. The molecule has 0 aliphatic heterocycles. The van der Waals surface area contributed by atoms with Crippen molar-refractivity contribution in [2.24, 2.45) is 0 Å². The summed E-state index contributed by atoms with van der Waals surface area (Å²) in [5.74, 6) is 0. The fraction of sp³-hybridized carbons (Fsp3) is 0.636. The van der Waals surface area contributed by atoms with Gasteiger partial charge in [-0.1, -0.05) is 0 Å². The van der Waals surface area contributed by atoms with Crippen molar-refractivity contribution in [1.29, 1.82) is 0 Å². The Morgan fingerprint density at radius 2 is 2.21 bits per heavy atom. The quantitative estimate of drug-likeness (QED) is 0.697.